The van der Waals surface area contributed by atoms with Crippen LogP contribution in [0.3, 0.4) is 0 Å². The number of rotatable bonds is 7. The Morgan fingerprint density at radius 1 is 1.12 bits per heavy atom. The molecule has 1 aromatic heterocycles. The van der Waals surface area contributed by atoms with Gasteiger partial charge in [0.25, 0.3) is 5.91 Å². The van der Waals surface area contributed by atoms with Crippen molar-refractivity contribution in [2.75, 3.05) is 20.1 Å². The van der Waals surface area contributed by atoms with Crippen LogP contribution in [0.5, 0.6) is 0 Å². The van der Waals surface area contributed by atoms with E-state index in [1.54, 1.807) is 7.05 Å². The molecule has 1 aromatic carbocycles. The highest BCUT2D eigenvalue weighted by Gasteiger charge is 2.04. The number of thiophene rings is 1. The van der Waals surface area contributed by atoms with Gasteiger partial charge in [0.15, 0.2) is 5.96 Å². The quantitative estimate of drug-likeness (QED) is 0.411. The number of carbonyl (C=O) groups is 1. The lowest BCUT2D eigenvalue weighted by atomic mass is 10.1. The molecule has 0 radical (unpaired) electrons. The van der Waals surface area contributed by atoms with Crippen molar-refractivity contribution in [3.05, 3.63) is 57.8 Å². The smallest absolute Gasteiger partial charge is 0.261 e. The summed E-state index contributed by atoms with van der Waals surface area (Å²) in [6, 6.07) is 12.1. The second kappa shape index (κ2) is 9.72. The Labute approximate surface area is 147 Å². The highest BCUT2D eigenvalue weighted by molar-refractivity contribution is 7.12. The van der Waals surface area contributed by atoms with Gasteiger partial charge in [-0.2, -0.15) is 0 Å². The summed E-state index contributed by atoms with van der Waals surface area (Å²) in [5.41, 5.74) is 2.47. The van der Waals surface area contributed by atoms with Gasteiger partial charge in [-0.25, -0.2) is 0 Å². The first kappa shape index (κ1) is 18.0. The Balaban J connectivity index is 1.62. The van der Waals surface area contributed by atoms with Gasteiger partial charge in [-0.15, -0.1) is 11.3 Å². The van der Waals surface area contributed by atoms with Crippen LogP contribution in [0.2, 0.25) is 0 Å². The normalized spacial score (nSPS) is 11.2. The molecule has 0 fully saturated rings. The van der Waals surface area contributed by atoms with E-state index in [2.05, 4.69) is 52.1 Å². The van der Waals surface area contributed by atoms with E-state index in [1.807, 2.05) is 17.5 Å². The second-order valence-corrected chi connectivity index (χ2v) is 6.38. The molecule has 0 unspecified atom stereocenters. The lowest BCUT2D eigenvalue weighted by molar-refractivity contribution is 0.0957. The summed E-state index contributed by atoms with van der Waals surface area (Å²) in [6.07, 6.45) is 0.836. The molecule has 1 heterocycles. The summed E-state index contributed by atoms with van der Waals surface area (Å²) in [7, 11) is 1.75. The maximum Gasteiger partial charge on any atom is 0.261 e. The maximum absolute atomic E-state index is 11.8. The van der Waals surface area contributed by atoms with Crippen LogP contribution in [0.25, 0.3) is 0 Å². The Hall–Kier alpha value is -2.34. The summed E-state index contributed by atoms with van der Waals surface area (Å²) in [6.45, 7) is 4.20. The van der Waals surface area contributed by atoms with Gasteiger partial charge in [0, 0.05) is 26.7 Å². The fourth-order valence-electron chi connectivity index (χ4n) is 2.22. The van der Waals surface area contributed by atoms with Crippen LogP contribution in [-0.2, 0) is 6.54 Å². The van der Waals surface area contributed by atoms with Crippen LogP contribution in [0.15, 0.2) is 46.8 Å². The number of hydrogen-bond acceptors (Lipinski definition) is 3. The lowest BCUT2D eigenvalue weighted by Gasteiger charge is -2.12. The zero-order chi connectivity index (χ0) is 17.2. The van der Waals surface area contributed by atoms with Crippen molar-refractivity contribution in [2.24, 2.45) is 4.99 Å². The first-order chi connectivity index (χ1) is 11.7. The van der Waals surface area contributed by atoms with E-state index < -0.39 is 0 Å². The zero-order valence-corrected chi connectivity index (χ0v) is 15.0. The van der Waals surface area contributed by atoms with Gasteiger partial charge >= 0.3 is 0 Å². The van der Waals surface area contributed by atoms with Crippen molar-refractivity contribution in [3.63, 3.8) is 0 Å². The van der Waals surface area contributed by atoms with Gasteiger partial charge in [0.05, 0.1) is 4.88 Å². The van der Waals surface area contributed by atoms with Crippen molar-refractivity contribution < 1.29 is 4.79 Å². The third kappa shape index (κ3) is 6.04. The minimum atomic E-state index is -0.00745. The number of benzene rings is 1. The first-order valence-electron chi connectivity index (χ1n) is 8.01. The van der Waals surface area contributed by atoms with Crippen LogP contribution in [0.1, 0.15) is 27.2 Å². The molecule has 6 heteroatoms. The molecule has 0 bridgehead atoms. The summed E-state index contributed by atoms with van der Waals surface area (Å²) in [4.78, 5) is 16.7. The standard InChI is InChI=1S/C18H24N4OS/c1-14-6-3-7-15(12-14)13-22-18(19-2)21-10-5-9-20-17(23)16-8-4-11-24-16/h3-4,6-8,11-12H,5,9-10,13H2,1-2H3,(H,20,23)(H2,19,21,22). The molecule has 1 amide bonds. The largest absolute Gasteiger partial charge is 0.356 e. The summed E-state index contributed by atoms with van der Waals surface area (Å²) in [5, 5.41) is 11.4. The number of amides is 1. The Bertz CT molecular complexity index is 667. The predicted octanol–water partition coefficient (Wildman–Crippen LogP) is 2.54. The number of hydrogen-bond donors (Lipinski definition) is 3. The van der Waals surface area contributed by atoms with Crippen LogP contribution >= 0.6 is 11.3 Å². The van der Waals surface area contributed by atoms with E-state index in [0.29, 0.717) is 6.54 Å². The summed E-state index contributed by atoms with van der Waals surface area (Å²) < 4.78 is 0. The van der Waals surface area contributed by atoms with Crippen molar-refractivity contribution >= 4 is 23.2 Å². The third-order valence-corrected chi connectivity index (χ3v) is 4.31. The topological polar surface area (TPSA) is 65.5 Å². The van der Waals surface area contributed by atoms with Crippen molar-refractivity contribution in [1.82, 2.24) is 16.0 Å². The molecule has 0 saturated heterocycles. The van der Waals surface area contributed by atoms with E-state index in [4.69, 9.17) is 0 Å². The lowest BCUT2D eigenvalue weighted by Crippen LogP contribution is -2.38. The average molecular weight is 344 g/mol. The second-order valence-electron chi connectivity index (χ2n) is 5.43. The van der Waals surface area contributed by atoms with E-state index in [9.17, 15) is 4.79 Å². The number of nitrogens with zero attached hydrogens (tertiary/aromatic N) is 1. The van der Waals surface area contributed by atoms with Gasteiger partial charge in [-0.1, -0.05) is 35.9 Å². The average Bonchev–Trinajstić information content (AvgIpc) is 3.12. The molecule has 0 aliphatic rings. The van der Waals surface area contributed by atoms with Crippen LogP contribution < -0.4 is 16.0 Å². The molecule has 3 N–H and O–H groups in total. The van der Waals surface area contributed by atoms with Gasteiger partial charge in [-0.3, -0.25) is 9.79 Å². The number of guanidine groups is 1. The minimum Gasteiger partial charge on any atom is -0.356 e. The molecule has 5 nitrogen and oxygen atoms in total. The van der Waals surface area contributed by atoms with Gasteiger partial charge in [0.2, 0.25) is 0 Å². The molecule has 128 valence electrons. The highest BCUT2D eigenvalue weighted by atomic mass is 32.1. The van der Waals surface area contributed by atoms with Crippen LogP contribution in [0, 0.1) is 6.92 Å². The van der Waals surface area contributed by atoms with E-state index in [0.717, 1.165) is 30.3 Å². The maximum atomic E-state index is 11.8. The van der Waals surface area contributed by atoms with E-state index >= 15 is 0 Å². The third-order valence-electron chi connectivity index (χ3n) is 3.44. The number of nitrogens with one attached hydrogen (secondary N) is 3. The number of aryl methyl sites for hydroxylation is 1. The molecule has 2 aromatic rings. The van der Waals surface area contributed by atoms with E-state index in [-0.39, 0.29) is 5.91 Å². The molecule has 0 aliphatic carbocycles. The van der Waals surface area contributed by atoms with Gasteiger partial charge in [-0.05, 0) is 30.4 Å². The molecule has 0 spiro atoms. The monoisotopic (exact) mass is 344 g/mol. The van der Waals surface area contributed by atoms with Gasteiger partial charge in [0.1, 0.15) is 0 Å². The Morgan fingerprint density at radius 3 is 2.67 bits per heavy atom. The zero-order valence-electron chi connectivity index (χ0n) is 14.1. The minimum absolute atomic E-state index is 0.00745. The summed E-state index contributed by atoms with van der Waals surface area (Å²) >= 11 is 1.45. The molecule has 0 atom stereocenters. The molecule has 0 aliphatic heterocycles. The van der Waals surface area contributed by atoms with E-state index in [1.165, 1.54) is 22.5 Å². The Kier molecular flexibility index (Phi) is 7.29. The molecular weight excluding hydrogens is 320 g/mol. The van der Waals surface area contributed by atoms with Gasteiger partial charge < -0.3 is 16.0 Å². The predicted molar refractivity (Wildman–Crippen MR) is 101 cm³/mol. The van der Waals surface area contributed by atoms with Crippen molar-refractivity contribution in [2.45, 2.75) is 19.9 Å². The van der Waals surface area contributed by atoms with Crippen molar-refractivity contribution in [1.29, 1.82) is 0 Å². The molecular formula is C18H24N4OS. The number of carbonyl (C=O) groups excluding carboxylic acids is 1. The molecule has 24 heavy (non-hydrogen) atoms. The SMILES string of the molecule is CN=C(NCCCNC(=O)c1cccs1)NCc1cccc(C)c1. The fourth-order valence-corrected chi connectivity index (χ4v) is 2.86. The highest BCUT2D eigenvalue weighted by Crippen LogP contribution is 2.07. The van der Waals surface area contributed by atoms with Crippen LogP contribution in [0.4, 0.5) is 0 Å². The molecule has 2 rings (SSSR count). The summed E-state index contributed by atoms with van der Waals surface area (Å²) in [5.74, 6) is 0.757. The first-order valence-corrected chi connectivity index (χ1v) is 8.89. The van der Waals surface area contributed by atoms with Crippen LogP contribution in [-0.4, -0.2) is 32.0 Å². The number of aliphatic imine (C=N–C) groups is 1. The Morgan fingerprint density at radius 2 is 1.96 bits per heavy atom. The molecule has 0 saturated carbocycles. The fraction of sp³-hybridized carbons (Fsp3) is 0.333. The van der Waals surface area contributed by atoms with Crippen molar-refractivity contribution in [3.8, 4) is 0 Å².